The van der Waals surface area contributed by atoms with Crippen LogP contribution < -0.4 is 9.47 Å². The summed E-state index contributed by atoms with van der Waals surface area (Å²) in [7, 11) is 0. The lowest BCUT2D eigenvalue weighted by Gasteiger charge is -2.12. The van der Waals surface area contributed by atoms with Gasteiger partial charge in [0, 0.05) is 5.92 Å². The molecular formula is C16H13ClO2. The topological polar surface area (TPSA) is 18.5 Å². The zero-order chi connectivity index (χ0) is 12.8. The molecule has 0 saturated heterocycles. The number of rotatable bonds is 1. The Kier molecular flexibility index (Phi) is 2.46. The number of hydrogen-bond acceptors (Lipinski definition) is 2. The van der Waals surface area contributed by atoms with Gasteiger partial charge in [-0.2, -0.15) is 0 Å². The van der Waals surface area contributed by atoms with Gasteiger partial charge in [0.25, 0.3) is 0 Å². The normalized spacial score (nSPS) is 23.4. The molecule has 2 atom stereocenters. The van der Waals surface area contributed by atoms with Crippen LogP contribution in [-0.4, -0.2) is 6.79 Å². The van der Waals surface area contributed by atoms with Crippen LogP contribution in [0.2, 0.25) is 0 Å². The van der Waals surface area contributed by atoms with E-state index in [0.717, 1.165) is 17.9 Å². The van der Waals surface area contributed by atoms with Crippen molar-refractivity contribution in [1.82, 2.24) is 0 Å². The molecule has 0 amide bonds. The SMILES string of the molecule is Cl[C@@H]1C[C@@H](c2ccc3c(c2)OCO3)c2ccccc21. The van der Waals surface area contributed by atoms with Crippen molar-refractivity contribution in [3.05, 3.63) is 59.2 Å². The molecule has 96 valence electrons. The summed E-state index contributed by atoms with van der Waals surface area (Å²) in [5, 5.41) is 0.103. The largest absolute Gasteiger partial charge is 0.454 e. The third kappa shape index (κ3) is 1.71. The van der Waals surface area contributed by atoms with Crippen molar-refractivity contribution >= 4 is 11.6 Å². The lowest BCUT2D eigenvalue weighted by molar-refractivity contribution is 0.174. The van der Waals surface area contributed by atoms with Gasteiger partial charge in [-0.3, -0.25) is 0 Å². The molecule has 2 aliphatic rings. The van der Waals surface area contributed by atoms with Crippen molar-refractivity contribution in [2.24, 2.45) is 0 Å². The quantitative estimate of drug-likeness (QED) is 0.723. The molecule has 0 bridgehead atoms. The van der Waals surface area contributed by atoms with E-state index in [9.17, 15) is 0 Å². The molecule has 19 heavy (non-hydrogen) atoms. The van der Waals surface area contributed by atoms with Crippen LogP contribution in [0.25, 0.3) is 0 Å². The van der Waals surface area contributed by atoms with Gasteiger partial charge >= 0.3 is 0 Å². The van der Waals surface area contributed by atoms with Crippen molar-refractivity contribution in [2.45, 2.75) is 17.7 Å². The molecule has 0 aromatic heterocycles. The zero-order valence-electron chi connectivity index (χ0n) is 10.3. The highest BCUT2D eigenvalue weighted by atomic mass is 35.5. The van der Waals surface area contributed by atoms with Gasteiger partial charge in [0.15, 0.2) is 11.5 Å². The number of halogens is 1. The summed E-state index contributed by atoms with van der Waals surface area (Å²) in [6.45, 7) is 0.318. The zero-order valence-corrected chi connectivity index (χ0v) is 11.1. The average molecular weight is 273 g/mol. The highest BCUT2D eigenvalue weighted by Gasteiger charge is 2.31. The second kappa shape index (κ2) is 4.17. The molecule has 2 aromatic carbocycles. The van der Waals surface area contributed by atoms with Gasteiger partial charge in [-0.25, -0.2) is 0 Å². The molecule has 0 N–H and O–H groups in total. The van der Waals surface area contributed by atoms with Gasteiger partial charge in [0.05, 0.1) is 5.38 Å². The highest BCUT2D eigenvalue weighted by molar-refractivity contribution is 6.21. The summed E-state index contributed by atoms with van der Waals surface area (Å²) in [4.78, 5) is 0. The number of alkyl halides is 1. The molecule has 1 aliphatic carbocycles. The minimum Gasteiger partial charge on any atom is -0.454 e. The van der Waals surface area contributed by atoms with Gasteiger partial charge in [-0.1, -0.05) is 30.3 Å². The maximum absolute atomic E-state index is 6.45. The van der Waals surface area contributed by atoms with Crippen LogP contribution in [0.3, 0.4) is 0 Å². The van der Waals surface area contributed by atoms with Crippen LogP contribution in [0.5, 0.6) is 11.5 Å². The molecule has 0 spiro atoms. The fraction of sp³-hybridized carbons (Fsp3) is 0.250. The Balaban J connectivity index is 1.78. The molecule has 0 saturated carbocycles. The lowest BCUT2D eigenvalue weighted by Crippen LogP contribution is -1.96. The molecular weight excluding hydrogens is 260 g/mol. The van der Waals surface area contributed by atoms with Crippen LogP contribution in [0.4, 0.5) is 0 Å². The van der Waals surface area contributed by atoms with Crippen LogP contribution >= 0.6 is 11.6 Å². The number of ether oxygens (including phenoxy) is 2. The Labute approximate surface area is 116 Å². The standard InChI is InChI=1S/C16H13ClO2/c17-14-8-13(11-3-1-2-4-12(11)14)10-5-6-15-16(7-10)19-9-18-15/h1-7,13-14H,8-9H2/t13-,14+/m0/s1. The summed E-state index contributed by atoms with van der Waals surface area (Å²) in [5.74, 6) is 2.03. The van der Waals surface area contributed by atoms with Crippen molar-refractivity contribution in [2.75, 3.05) is 6.79 Å². The Morgan fingerprint density at radius 2 is 1.74 bits per heavy atom. The minimum atomic E-state index is 0.103. The van der Waals surface area contributed by atoms with Crippen molar-refractivity contribution in [1.29, 1.82) is 0 Å². The average Bonchev–Trinajstić information content (AvgIpc) is 3.03. The first-order chi connectivity index (χ1) is 9.33. The van der Waals surface area contributed by atoms with E-state index in [1.54, 1.807) is 0 Å². The van der Waals surface area contributed by atoms with Crippen LogP contribution in [0.1, 0.15) is 34.4 Å². The highest BCUT2D eigenvalue weighted by Crippen LogP contribution is 2.48. The van der Waals surface area contributed by atoms with E-state index in [4.69, 9.17) is 21.1 Å². The molecule has 0 unspecified atom stereocenters. The summed E-state index contributed by atoms with van der Waals surface area (Å²) in [6.07, 6.45) is 0.945. The van der Waals surface area contributed by atoms with E-state index in [1.165, 1.54) is 16.7 Å². The Morgan fingerprint density at radius 1 is 0.947 bits per heavy atom. The molecule has 1 aliphatic heterocycles. The molecule has 4 rings (SSSR count). The van der Waals surface area contributed by atoms with E-state index in [-0.39, 0.29) is 5.38 Å². The van der Waals surface area contributed by atoms with E-state index in [0.29, 0.717) is 12.7 Å². The molecule has 1 heterocycles. The second-order valence-electron chi connectivity index (χ2n) is 5.00. The third-order valence-electron chi connectivity index (χ3n) is 3.95. The lowest BCUT2D eigenvalue weighted by atomic mass is 9.93. The van der Waals surface area contributed by atoms with Gasteiger partial charge in [-0.15, -0.1) is 11.6 Å². The summed E-state index contributed by atoms with van der Waals surface area (Å²) in [6, 6.07) is 14.6. The predicted octanol–water partition coefficient (Wildman–Crippen LogP) is 4.23. The predicted molar refractivity (Wildman–Crippen MR) is 74.1 cm³/mol. The first-order valence-electron chi connectivity index (χ1n) is 6.45. The van der Waals surface area contributed by atoms with E-state index in [2.05, 4.69) is 36.4 Å². The summed E-state index contributed by atoms with van der Waals surface area (Å²) >= 11 is 6.45. The maximum Gasteiger partial charge on any atom is 0.231 e. The maximum atomic E-state index is 6.45. The van der Waals surface area contributed by atoms with Crippen LogP contribution in [0, 0.1) is 0 Å². The molecule has 2 nitrogen and oxygen atoms in total. The smallest absolute Gasteiger partial charge is 0.231 e. The first-order valence-corrected chi connectivity index (χ1v) is 6.89. The number of benzene rings is 2. The number of fused-ring (bicyclic) bond motifs is 2. The van der Waals surface area contributed by atoms with E-state index >= 15 is 0 Å². The van der Waals surface area contributed by atoms with Gasteiger partial charge in [0.1, 0.15) is 0 Å². The minimum absolute atomic E-state index is 0.103. The van der Waals surface area contributed by atoms with Gasteiger partial charge in [0.2, 0.25) is 6.79 Å². The second-order valence-corrected chi connectivity index (χ2v) is 5.52. The van der Waals surface area contributed by atoms with Crippen molar-refractivity contribution in [3.8, 4) is 11.5 Å². The Hall–Kier alpha value is -1.67. The first kappa shape index (κ1) is 11.2. The summed E-state index contributed by atoms with van der Waals surface area (Å²) < 4.78 is 10.8. The van der Waals surface area contributed by atoms with Gasteiger partial charge in [-0.05, 0) is 35.2 Å². The molecule has 3 heteroatoms. The Morgan fingerprint density at radius 3 is 2.63 bits per heavy atom. The summed E-state index contributed by atoms with van der Waals surface area (Å²) in [5.41, 5.74) is 3.84. The fourth-order valence-corrected chi connectivity index (χ4v) is 3.40. The van der Waals surface area contributed by atoms with E-state index < -0.39 is 0 Å². The number of hydrogen-bond donors (Lipinski definition) is 0. The van der Waals surface area contributed by atoms with E-state index in [1.807, 2.05) is 6.07 Å². The van der Waals surface area contributed by atoms with Gasteiger partial charge < -0.3 is 9.47 Å². The molecule has 0 radical (unpaired) electrons. The monoisotopic (exact) mass is 272 g/mol. The molecule has 2 aromatic rings. The molecule has 0 fully saturated rings. The van der Waals surface area contributed by atoms with Crippen molar-refractivity contribution in [3.63, 3.8) is 0 Å². The van der Waals surface area contributed by atoms with Crippen LogP contribution in [-0.2, 0) is 0 Å². The van der Waals surface area contributed by atoms with Crippen LogP contribution in [0.15, 0.2) is 42.5 Å². The fourth-order valence-electron chi connectivity index (χ4n) is 3.02. The third-order valence-corrected chi connectivity index (χ3v) is 4.36. The van der Waals surface area contributed by atoms with Crippen molar-refractivity contribution < 1.29 is 9.47 Å². The Bertz CT molecular complexity index is 638.